The molecule has 204 valence electrons. The predicted octanol–water partition coefficient (Wildman–Crippen LogP) is 9.36. The Kier molecular flexibility index (Phi) is 10.1. The third-order valence-electron chi connectivity index (χ3n) is 6.02. The Balaban J connectivity index is 1.75. The van der Waals surface area contributed by atoms with Crippen LogP contribution in [0, 0.1) is 0 Å². The molecule has 0 bridgehead atoms. The number of rotatable bonds is 9. The van der Waals surface area contributed by atoms with Gasteiger partial charge in [0.1, 0.15) is 12.4 Å². The summed E-state index contributed by atoms with van der Waals surface area (Å²) in [6.45, 7) is 6.65. The third-order valence-corrected chi connectivity index (χ3v) is 9.40. The van der Waals surface area contributed by atoms with Crippen LogP contribution in [0.3, 0.4) is 0 Å². The first kappa shape index (κ1) is 30.1. The molecule has 0 spiro atoms. The van der Waals surface area contributed by atoms with Crippen LogP contribution in [-0.4, -0.2) is 22.5 Å². The van der Waals surface area contributed by atoms with Crippen LogP contribution < -0.4 is 15.0 Å². The van der Waals surface area contributed by atoms with Crippen molar-refractivity contribution in [3.8, 4) is 11.5 Å². The molecule has 0 aliphatic rings. The molecule has 1 heterocycles. The van der Waals surface area contributed by atoms with Crippen molar-refractivity contribution in [3.63, 3.8) is 0 Å². The van der Waals surface area contributed by atoms with Gasteiger partial charge in [0.2, 0.25) is 0 Å². The Labute approximate surface area is 261 Å². The summed E-state index contributed by atoms with van der Waals surface area (Å²) in [5, 5.41) is 6.01. The number of fused-ring (bicyclic) bond motifs is 1. The van der Waals surface area contributed by atoms with E-state index in [9.17, 15) is 4.79 Å². The average Bonchev–Trinajstić information content (AvgIpc) is 2.92. The van der Waals surface area contributed by atoms with Crippen molar-refractivity contribution in [2.75, 3.05) is 6.61 Å². The summed E-state index contributed by atoms with van der Waals surface area (Å²) < 4.78 is 15.5. The summed E-state index contributed by atoms with van der Waals surface area (Å²) in [6, 6.07) is 12.6. The first-order valence-corrected chi connectivity index (χ1v) is 15.3. The van der Waals surface area contributed by atoms with E-state index < -0.39 is 0 Å². The van der Waals surface area contributed by atoms with E-state index in [1.54, 1.807) is 24.4 Å². The second kappa shape index (κ2) is 13.2. The van der Waals surface area contributed by atoms with Crippen LogP contribution in [0.1, 0.15) is 50.1 Å². The number of benzene rings is 3. The molecular formula is C28H24Br3Cl2N3O3. The Bertz CT molecular complexity index is 1630. The molecule has 6 nitrogen and oxygen atoms in total. The summed E-state index contributed by atoms with van der Waals surface area (Å²) >= 11 is 22.9. The van der Waals surface area contributed by atoms with Crippen LogP contribution in [0.25, 0.3) is 10.9 Å². The van der Waals surface area contributed by atoms with Gasteiger partial charge in [-0.25, -0.2) is 4.98 Å². The van der Waals surface area contributed by atoms with Crippen molar-refractivity contribution in [2.24, 2.45) is 5.10 Å². The van der Waals surface area contributed by atoms with Gasteiger partial charge < -0.3 is 9.47 Å². The standard InChI is InChI=1S/C28H24Br3Cl2N3O3/c1-4-15(3)27-35-22-9-7-18(29)12-19(22)28(37)36(27)34-13-17-11-23(38-5-2)26(25(31)24(17)30)39-14-16-6-8-20(32)21(33)10-16/h6-13,15H,4-5,14H2,1-3H3/t15-/m0/s1. The zero-order valence-corrected chi connectivity index (χ0v) is 27.5. The zero-order chi connectivity index (χ0) is 28.3. The van der Waals surface area contributed by atoms with Gasteiger partial charge in [0.05, 0.1) is 38.2 Å². The van der Waals surface area contributed by atoms with Crippen LogP contribution in [0.2, 0.25) is 10.0 Å². The lowest BCUT2D eigenvalue weighted by Gasteiger charge is -2.17. The third kappa shape index (κ3) is 6.70. The van der Waals surface area contributed by atoms with Gasteiger partial charge >= 0.3 is 0 Å². The van der Waals surface area contributed by atoms with E-state index in [1.165, 1.54) is 4.68 Å². The van der Waals surface area contributed by atoms with E-state index in [1.807, 2.05) is 38.1 Å². The van der Waals surface area contributed by atoms with Gasteiger partial charge in [-0.05, 0) is 87.2 Å². The lowest BCUT2D eigenvalue weighted by atomic mass is 10.1. The van der Waals surface area contributed by atoms with E-state index in [4.69, 9.17) is 37.7 Å². The van der Waals surface area contributed by atoms with Crippen LogP contribution in [0.15, 0.2) is 65.8 Å². The minimum absolute atomic E-state index is 0.0224. The van der Waals surface area contributed by atoms with Gasteiger partial charge in [-0.3, -0.25) is 4.79 Å². The highest BCUT2D eigenvalue weighted by atomic mass is 79.9. The van der Waals surface area contributed by atoms with Crippen LogP contribution in [0.4, 0.5) is 0 Å². The molecule has 0 radical (unpaired) electrons. The molecule has 3 aromatic carbocycles. The van der Waals surface area contributed by atoms with Gasteiger partial charge in [-0.2, -0.15) is 9.78 Å². The lowest BCUT2D eigenvalue weighted by Crippen LogP contribution is -2.23. The fraction of sp³-hybridized carbons (Fsp3) is 0.250. The number of ether oxygens (including phenoxy) is 2. The van der Waals surface area contributed by atoms with E-state index in [0.717, 1.165) is 16.5 Å². The highest BCUT2D eigenvalue weighted by Crippen LogP contribution is 2.43. The maximum absolute atomic E-state index is 13.5. The number of halogens is 5. The van der Waals surface area contributed by atoms with Crippen molar-refractivity contribution in [2.45, 2.75) is 39.7 Å². The van der Waals surface area contributed by atoms with Crippen molar-refractivity contribution < 1.29 is 9.47 Å². The quantitative estimate of drug-likeness (QED) is 0.160. The van der Waals surface area contributed by atoms with Gasteiger partial charge in [-0.1, -0.05) is 59.0 Å². The second-order valence-corrected chi connectivity index (χ2v) is 12.0. The lowest BCUT2D eigenvalue weighted by molar-refractivity contribution is 0.267. The highest BCUT2D eigenvalue weighted by molar-refractivity contribution is 9.13. The van der Waals surface area contributed by atoms with Gasteiger partial charge in [-0.15, -0.1) is 0 Å². The molecule has 0 saturated heterocycles. The fourth-order valence-corrected chi connectivity index (χ4v) is 5.40. The van der Waals surface area contributed by atoms with Crippen LogP contribution in [0.5, 0.6) is 11.5 Å². The molecule has 1 aromatic heterocycles. The molecule has 4 rings (SSSR count). The van der Waals surface area contributed by atoms with Crippen molar-refractivity contribution >= 4 is 88.1 Å². The number of aromatic nitrogens is 2. The Morgan fingerprint density at radius 1 is 1.03 bits per heavy atom. The molecule has 11 heteroatoms. The van der Waals surface area contributed by atoms with Crippen LogP contribution in [-0.2, 0) is 6.61 Å². The average molecular weight is 761 g/mol. The Hall–Kier alpha value is -1.91. The highest BCUT2D eigenvalue weighted by Gasteiger charge is 2.19. The Morgan fingerprint density at radius 2 is 1.79 bits per heavy atom. The maximum atomic E-state index is 13.5. The first-order valence-electron chi connectivity index (χ1n) is 12.1. The maximum Gasteiger partial charge on any atom is 0.282 e. The summed E-state index contributed by atoms with van der Waals surface area (Å²) in [5.74, 6) is 1.65. The molecular weight excluding hydrogens is 737 g/mol. The molecule has 0 aliphatic carbocycles. The van der Waals surface area contributed by atoms with Crippen molar-refractivity contribution in [3.05, 3.63) is 93.2 Å². The molecule has 0 unspecified atom stereocenters. The molecule has 0 fully saturated rings. The predicted molar refractivity (Wildman–Crippen MR) is 169 cm³/mol. The van der Waals surface area contributed by atoms with Crippen LogP contribution >= 0.6 is 71.0 Å². The SMILES string of the molecule is CCOc1cc(C=Nn2c([C@@H](C)CC)nc3ccc(Br)cc3c2=O)c(Br)c(Br)c1OCc1ccc(Cl)c(Cl)c1. The molecule has 1 atom stereocenters. The monoisotopic (exact) mass is 757 g/mol. The minimum atomic E-state index is -0.241. The summed E-state index contributed by atoms with van der Waals surface area (Å²) in [7, 11) is 0. The smallest absolute Gasteiger partial charge is 0.282 e. The van der Waals surface area contributed by atoms with E-state index in [-0.39, 0.29) is 18.1 Å². The molecule has 39 heavy (non-hydrogen) atoms. The largest absolute Gasteiger partial charge is 0.490 e. The van der Waals surface area contributed by atoms with Crippen molar-refractivity contribution in [1.82, 2.24) is 9.66 Å². The number of nitrogens with zero attached hydrogens (tertiary/aromatic N) is 3. The number of hydrogen-bond donors (Lipinski definition) is 0. The van der Waals surface area contributed by atoms with E-state index in [2.05, 4.69) is 59.8 Å². The fourth-order valence-electron chi connectivity index (χ4n) is 3.78. The van der Waals surface area contributed by atoms with E-state index >= 15 is 0 Å². The second-order valence-electron chi connectivity index (χ2n) is 8.69. The molecule has 0 N–H and O–H groups in total. The molecule has 4 aromatic rings. The van der Waals surface area contributed by atoms with Crippen molar-refractivity contribution in [1.29, 1.82) is 0 Å². The summed E-state index contributed by atoms with van der Waals surface area (Å²) in [4.78, 5) is 18.3. The molecule has 0 amide bonds. The van der Waals surface area contributed by atoms with E-state index in [0.29, 0.717) is 59.4 Å². The minimum Gasteiger partial charge on any atom is -0.490 e. The summed E-state index contributed by atoms with van der Waals surface area (Å²) in [5.41, 5.74) is 1.93. The molecule has 0 saturated carbocycles. The summed E-state index contributed by atoms with van der Waals surface area (Å²) in [6.07, 6.45) is 2.41. The topological polar surface area (TPSA) is 65.7 Å². The first-order chi connectivity index (χ1) is 18.6. The molecule has 0 aliphatic heterocycles. The van der Waals surface area contributed by atoms with Gasteiger partial charge in [0, 0.05) is 20.4 Å². The number of hydrogen-bond acceptors (Lipinski definition) is 5. The zero-order valence-electron chi connectivity index (χ0n) is 21.3. The Morgan fingerprint density at radius 3 is 2.49 bits per heavy atom. The normalized spacial score (nSPS) is 12.3. The van der Waals surface area contributed by atoms with Gasteiger partial charge in [0.15, 0.2) is 11.5 Å². The van der Waals surface area contributed by atoms with Gasteiger partial charge in [0.25, 0.3) is 5.56 Å².